The van der Waals surface area contributed by atoms with Gasteiger partial charge in [0.05, 0.1) is 76.8 Å². The first-order chi connectivity index (χ1) is 34.3. The molecule has 5 aromatic rings. The first-order valence-corrected chi connectivity index (χ1v) is 23.5. The Morgan fingerprint density at radius 2 is 1.38 bits per heavy atom. The number of methoxy groups -OCH3 is 3. The van der Waals surface area contributed by atoms with E-state index in [0.717, 1.165) is 36.1 Å². The number of amides is 2. The molecule has 5 aromatic carbocycles. The number of nitrogens with zero attached hydrogens (tertiary/aromatic N) is 5. The Morgan fingerprint density at radius 1 is 0.761 bits per heavy atom. The van der Waals surface area contributed by atoms with Gasteiger partial charge >= 0.3 is 6.09 Å². The van der Waals surface area contributed by atoms with E-state index in [-0.39, 0.29) is 38.3 Å². The summed E-state index contributed by atoms with van der Waals surface area (Å²) < 4.78 is 46.9. The maximum absolute atomic E-state index is 14.0. The van der Waals surface area contributed by atoms with E-state index in [1.54, 1.807) is 57.0 Å². The van der Waals surface area contributed by atoms with Crippen molar-refractivity contribution >= 4 is 59.7 Å². The Morgan fingerprint density at radius 3 is 2.01 bits per heavy atom. The SMILES string of the molecule is C=Nc1cc(OCc2cc(COc3cc(N=CC4Cc5ccccc5N4C)c(C=O)cc3OC)cc(N(CCOCCOCCOC)C(=O)OC(C)(C)C)c2)c(OC)cc1C(=O)N1CCc2ccccc21. The second-order valence-corrected chi connectivity index (χ2v) is 17.9. The van der Waals surface area contributed by atoms with Gasteiger partial charge < -0.3 is 47.7 Å². The molecule has 0 fully saturated rings. The Bertz CT molecular complexity index is 2720. The number of ether oxygens (including phenoxy) is 8. The molecule has 71 heavy (non-hydrogen) atoms. The lowest BCUT2D eigenvalue weighted by Crippen LogP contribution is -2.39. The van der Waals surface area contributed by atoms with Crippen molar-refractivity contribution in [1.82, 2.24) is 0 Å². The van der Waals surface area contributed by atoms with Crippen molar-refractivity contribution in [2.45, 2.75) is 58.5 Å². The number of likely N-dealkylation sites (N-methyl/N-ethyl adjacent to an activating group) is 1. The van der Waals surface area contributed by atoms with Crippen LogP contribution < -0.4 is 33.6 Å². The zero-order chi connectivity index (χ0) is 50.5. The summed E-state index contributed by atoms with van der Waals surface area (Å²) in [6, 6.07) is 28.1. The monoisotopic (exact) mass is 969 g/mol. The Hall–Kier alpha value is -7.27. The highest BCUT2D eigenvalue weighted by atomic mass is 16.6. The van der Waals surface area contributed by atoms with E-state index >= 15 is 0 Å². The lowest BCUT2D eigenvalue weighted by atomic mass is 10.1. The zero-order valence-electron chi connectivity index (χ0n) is 41.6. The predicted molar refractivity (Wildman–Crippen MR) is 275 cm³/mol. The molecule has 0 saturated heterocycles. The molecule has 0 N–H and O–H groups in total. The molecule has 1 unspecified atom stereocenters. The average molecular weight is 970 g/mol. The van der Waals surface area contributed by atoms with Gasteiger partial charge in [0.2, 0.25) is 0 Å². The summed E-state index contributed by atoms with van der Waals surface area (Å²) in [5.41, 5.74) is 6.71. The van der Waals surface area contributed by atoms with Crippen molar-refractivity contribution in [3.63, 3.8) is 0 Å². The normalized spacial score (nSPS) is 14.0. The van der Waals surface area contributed by atoms with Crippen molar-refractivity contribution < 1.29 is 52.3 Å². The van der Waals surface area contributed by atoms with Crippen LogP contribution in [0.3, 0.4) is 0 Å². The number of carbonyl (C=O) groups excluding carboxylic acids is 3. The number of rotatable bonds is 23. The van der Waals surface area contributed by atoms with Crippen molar-refractivity contribution in [2.24, 2.45) is 9.98 Å². The Balaban J connectivity index is 1.18. The quantitative estimate of drug-likeness (QED) is 0.0347. The van der Waals surface area contributed by atoms with Gasteiger partial charge in [-0.1, -0.05) is 36.4 Å². The van der Waals surface area contributed by atoms with E-state index in [2.05, 4.69) is 28.7 Å². The molecule has 2 amide bonds. The third-order valence-electron chi connectivity index (χ3n) is 12.0. The molecular weight excluding hydrogens is 907 g/mol. The molecule has 2 aliphatic heterocycles. The van der Waals surface area contributed by atoms with Crippen LogP contribution in [0.4, 0.5) is 33.2 Å². The molecule has 16 heteroatoms. The van der Waals surface area contributed by atoms with E-state index in [1.807, 2.05) is 67.9 Å². The summed E-state index contributed by atoms with van der Waals surface area (Å²) in [5, 5.41) is 0. The molecule has 0 aliphatic carbocycles. The average Bonchev–Trinajstić information content (AvgIpc) is 3.95. The summed E-state index contributed by atoms with van der Waals surface area (Å²) in [5.74, 6) is 1.10. The number of para-hydroxylation sites is 2. The number of anilines is 3. The van der Waals surface area contributed by atoms with E-state index in [1.165, 1.54) is 24.7 Å². The molecule has 0 saturated carbocycles. The Kier molecular flexibility index (Phi) is 17.5. The summed E-state index contributed by atoms with van der Waals surface area (Å²) in [4.78, 5) is 54.8. The zero-order valence-corrected chi connectivity index (χ0v) is 41.6. The van der Waals surface area contributed by atoms with Gasteiger partial charge in [0.1, 0.15) is 18.8 Å². The van der Waals surface area contributed by atoms with Crippen LogP contribution in [0.1, 0.15) is 63.7 Å². The van der Waals surface area contributed by atoms with Crippen molar-refractivity contribution in [2.75, 3.05) is 89.2 Å². The lowest BCUT2D eigenvalue weighted by molar-refractivity contribution is 0.0252. The minimum absolute atomic E-state index is 0.00320. The molecule has 1 atom stereocenters. The molecule has 0 radical (unpaired) electrons. The van der Waals surface area contributed by atoms with Crippen LogP contribution in [0.5, 0.6) is 23.0 Å². The van der Waals surface area contributed by atoms with Gasteiger partial charge in [0, 0.05) is 61.7 Å². The third-order valence-corrected chi connectivity index (χ3v) is 12.0. The topological polar surface area (TPSA) is 159 Å². The van der Waals surface area contributed by atoms with Crippen LogP contribution >= 0.6 is 0 Å². The van der Waals surface area contributed by atoms with E-state index in [0.29, 0.717) is 95.3 Å². The number of aldehydes is 1. The van der Waals surface area contributed by atoms with Crippen LogP contribution in [0, 0.1) is 0 Å². The van der Waals surface area contributed by atoms with Crippen LogP contribution in [0.15, 0.2) is 101 Å². The third kappa shape index (κ3) is 12.9. The van der Waals surface area contributed by atoms with Crippen molar-refractivity contribution in [3.8, 4) is 23.0 Å². The summed E-state index contributed by atoms with van der Waals surface area (Å²) in [6.45, 7) is 11.6. The molecule has 0 aromatic heterocycles. The minimum atomic E-state index is -0.807. The molecular formula is C55H63N5O11. The first-order valence-electron chi connectivity index (χ1n) is 23.5. The van der Waals surface area contributed by atoms with Gasteiger partial charge in [0.25, 0.3) is 5.91 Å². The number of hydrogen-bond acceptors (Lipinski definition) is 14. The molecule has 2 aliphatic rings. The number of benzene rings is 5. The highest BCUT2D eigenvalue weighted by Gasteiger charge is 2.29. The number of aliphatic imine (C=N–C) groups is 2. The summed E-state index contributed by atoms with van der Waals surface area (Å²) >= 11 is 0. The smallest absolute Gasteiger partial charge is 0.414 e. The van der Waals surface area contributed by atoms with Crippen LogP contribution in [-0.2, 0) is 45.0 Å². The highest BCUT2D eigenvalue weighted by Crippen LogP contribution is 2.40. The fraction of sp³-hybridized carbons (Fsp3) is 0.364. The minimum Gasteiger partial charge on any atom is -0.493 e. The summed E-state index contributed by atoms with van der Waals surface area (Å²) in [7, 11) is 6.64. The van der Waals surface area contributed by atoms with Gasteiger partial charge in [0.15, 0.2) is 29.3 Å². The second kappa shape index (κ2) is 24.0. The van der Waals surface area contributed by atoms with Crippen molar-refractivity contribution in [1.29, 1.82) is 0 Å². The molecule has 16 nitrogen and oxygen atoms in total. The molecule has 0 bridgehead atoms. The van der Waals surface area contributed by atoms with Crippen LogP contribution in [-0.4, -0.2) is 117 Å². The predicted octanol–water partition coefficient (Wildman–Crippen LogP) is 9.39. The first kappa shape index (κ1) is 51.6. The van der Waals surface area contributed by atoms with E-state index < -0.39 is 11.7 Å². The van der Waals surface area contributed by atoms with Gasteiger partial charge in [-0.05, 0) is 105 Å². The fourth-order valence-corrected chi connectivity index (χ4v) is 8.40. The molecule has 2 heterocycles. The molecule has 374 valence electrons. The van der Waals surface area contributed by atoms with Gasteiger partial charge in [-0.25, -0.2) is 4.79 Å². The number of fused-ring (bicyclic) bond motifs is 2. The van der Waals surface area contributed by atoms with Gasteiger partial charge in [-0.15, -0.1) is 0 Å². The highest BCUT2D eigenvalue weighted by molar-refractivity contribution is 6.11. The van der Waals surface area contributed by atoms with Gasteiger partial charge in [-0.2, -0.15) is 0 Å². The lowest BCUT2D eigenvalue weighted by Gasteiger charge is -2.28. The van der Waals surface area contributed by atoms with Gasteiger partial charge in [-0.3, -0.25) is 24.5 Å². The number of hydrogen-bond donors (Lipinski definition) is 0. The largest absolute Gasteiger partial charge is 0.493 e. The fourth-order valence-electron chi connectivity index (χ4n) is 8.40. The van der Waals surface area contributed by atoms with Crippen LogP contribution in [0.2, 0.25) is 0 Å². The molecule has 7 rings (SSSR count). The van der Waals surface area contributed by atoms with Crippen molar-refractivity contribution in [3.05, 3.63) is 124 Å². The van der Waals surface area contributed by atoms with Crippen LogP contribution in [0.25, 0.3) is 0 Å². The van der Waals surface area contributed by atoms with E-state index in [9.17, 15) is 14.4 Å². The standard InChI is InChI=1S/C55H63N5O11/c1-55(2,3)71-54(63)59(19-20-67-23-24-68-22-21-64-6)42-26-37(35-69-51-31-45(41(34-61)29-49(51)65-7)57-33-43-28-40-14-10-11-15-47(40)58(43)5)25-38(27-42)36-70-52-32-46(56-4)44(30-50(52)66-8)53(62)60-18-17-39-13-9-12-16-48(39)60/h9-16,25-27,29-34,43H,4,17-24,28,35-36H2,1-3,5-8H3. The second-order valence-electron chi connectivity index (χ2n) is 17.9. The maximum atomic E-state index is 14.0. The summed E-state index contributed by atoms with van der Waals surface area (Å²) in [6.07, 6.45) is 3.53. The number of carbonyl (C=O) groups is 3. The molecule has 0 spiro atoms. The Labute approximate surface area is 415 Å². The van der Waals surface area contributed by atoms with E-state index in [4.69, 9.17) is 42.9 Å². The maximum Gasteiger partial charge on any atom is 0.414 e.